The molecule has 1 spiro atoms. The van der Waals surface area contributed by atoms with Crippen LogP contribution in [0.2, 0.25) is 0 Å². The van der Waals surface area contributed by atoms with Gasteiger partial charge in [0.25, 0.3) is 0 Å². The summed E-state index contributed by atoms with van der Waals surface area (Å²) in [6.45, 7) is 5.36. The molecule has 2 aliphatic heterocycles. The Hall–Kier alpha value is -1.36. The van der Waals surface area contributed by atoms with Crippen LogP contribution in [0.5, 0.6) is 5.75 Å². The van der Waals surface area contributed by atoms with Gasteiger partial charge in [0.15, 0.2) is 0 Å². The average Bonchev–Trinajstić information content (AvgIpc) is 2.89. The van der Waals surface area contributed by atoms with Gasteiger partial charge in [0.05, 0.1) is 32.7 Å². The standard InChI is InChI=1S/C20H26NO3/c1-12-6-7-20(23)16-10-14-13(11-22)4-5-15-17(14)19(20,18(12)24-15)8-9-21(16,2)3/h4-5,16,18,22-23H,1,6-11H2,2-3H3/q+1/t16?,18?,19-,20?/m0/s1. The van der Waals surface area contributed by atoms with Crippen molar-refractivity contribution in [1.29, 1.82) is 0 Å². The number of quaternary nitrogens is 1. The third-order valence-corrected chi connectivity index (χ3v) is 7.53. The van der Waals surface area contributed by atoms with Crippen molar-refractivity contribution in [2.45, 2.75) is 55.5 Å². The molecule has 2 bridgehead atoms. The van der Waals surface area contributed by atoms with Gasteiger partial charge in [-0.2, -0.15) is 0 Å². The smallest absolute Gasteiger partial charge is 0.133 e. The summed E-state index contributed by atoms with van der Waals surface area (Å²) in [4.78, 5) is 0. The van der Waals surface area contributed by atoms with Gasteiger partial charge < -0.3 is 19.4 Å². The van der Waals surface area contributed by atoms with Crippen LogP contribution in [0.1, 0.15) is 36.0 Å². The predicted molar refractivity (Wildman–Crippen MR) is 90.9 cm³/mol. The number of hydrogen-bond donors (Lipinski definition) is 2. The monoisotopic (exact) mass is 328 g/mol. The summed E-state index contributed by atoms with van der Waals surface area (Å²) >= 11 is 0. The molecule has 24 heavy (non-hydrogen) atoms. The maximum Gasteiger partial charge on any atom is 0.133 e. The van der Waals surface area contributed by atoms with Gasteiger partial charge in [-0.1, -0.05) is 12.6 Å². The Bertz CT molecular complexity index is 770. The van der Waals surface area contributed by atoms with Gasteiger partial charge in [0.2, 0.25) is 0 Å². The molecule has 5 rings (SSSR count). The van der Waals surface area contributed by atoms with Gasteiger partial charge in [0, 0.05) is 18.4 Å². The van der Waals surface area contributed by atoms with E-state index in [1.807, 2.05) is 12.1 Å². The van der Waals surface area contributed by atoms with Crippen molar-refractivity contribution in [3.63, 3.8) is 0 Å². The van der Waals surface area contributed by atoms with E-state index in [9.17, 15) is 10.2 Å². The summed E-state index contributed by atoms with van der Waals surface area (Å²) in [5.41, 5.74) is 3.36. The first-order valence-corrected chi connectivity index (χ1v) is 9.00. The van der Waals surface area contributed by atoms with E-state index in [4.69, 9.17) is 4.74 Å². The van der Waals surface area contributed by atoms with Crippen LogP contribution < -0.4 is 4.74 Å². The highest BCUT2D eigenvalue weighted by molar-refractivity contribution is 5.60. The zero-order valence-corrected chi connectivity index (χ0v) is 14.5. The zero-order chi connectivity index (χ0) is 16.9. The normalized spacial score (nSPS) is 40.9. The number of rotatable bonds is 1. The van der Waals surface area contributed by atoms with Gasteiger partial charge in [0.1, 0.15) is 23.5 Å². The molecule has 128 valence electrons. The minimum atomic E-state index is -0.757. The number of hydrogen-bond acceptors (Lipinski definition) is 3. The molecule has 1 aromatic carbocycles. The minimum absolute atomic E-state index is 0.0445. The van der Waals surface area contributed by atoms with Crippen molar-refractivity contribution in [3.8, 4) is 5.75 Å². The maximum absolute atomic E-state index is 12.0. The molecule has 4 heteroatoms. The molecule has 2 heterocycles. The van der Waals surface area contributed by atoms with Gasteiger partial charge >= 0.3 is 0 Å². The number of likely N-dealkylation sites (N-methyl/N-ethyl adjacent to an activating group) is 1. The van der Waals surface area contributed by atoms with E-state index in [0.717, 1.165) is 53.6 Å². The topological polar surface area (TPSA) is 49.7 Å². The number of aliphatic hydroxyl groups is 2. The molecule has 0 aromatic heterocycles. The number of benzene rings is 1. The van der Waals surface area contributed by atoms with E-state index in [2.05, 4.69) is 20.7 Å². The van der Waals surface area contributed by atoms with Crippen molar-refractivity contribution in [1.82, 2.24) is 0 Å². The maximum atomic E-state index is 12.0. The summed E-state index contributed by atoms with van der Waals surface area (Å²) in [7, 11) is 4.47. The second kappa shape index (κ2) is 4.24. The van der Waals surface area contributed by atoms with E-state index in [0.29, 0.717) is 0 Å². The van der Waals surface area contributed by atoms with Crippen molar-refractivity contribution in [2.24, 2.45) is 0 Å². The van der Waals surface area contributed by atoms with Gasteiger partial charge in [-0.15, -0.1) is 0 Å². The van der Waals surface area contributed by atoms with E-state index >= 15 is 0 Å². The molecule has 3 unspecified atom stereocenters. The summed E-state index contributed by atoms with van der Waals surface area (Å²) in [5.74, 6) is 0.902. The molecule has 2 fully saturated rings. The Labute approximate surface area is 142 Å². The number of nitrogens with zero attached hydrogens (tertiary/aromatic N) is 1. The van der Waals surface area contributed by atoms with Crippen LogP contribution in [0, 0.1) is 0 Å². The molecule has 2 N–H and O–H groups in total. The first-order chi connectivity index (χ1) is 11.3. The fraction of sp³-hybridized carbons (Fsp3) is 0.600. The van der Waals surface area contributed by atoms with Crippen molar-refractivity contribution in [2.75, 3.05) is 20.6 Å². The van der Waals surface area contributed by atoms with Crippen LogP contribution in [0.4, 0.5) is 0 Å². The SMILES string of the molecule is C=C1CCC2(O)C3Cc4c(CO)ccc5c4[C@@]2(CC[N+]3(C)C)C1O5. The fourth-order valence-electron chi connectivity index (χ4n) is 6.32. The highest BCUT2D eigenvalue weighted by Gasteiger charge is 2.74. The lowest BCUT2D eigenvalue weighted by molar-refractivity contribution is -0.931. The van der Waals surface area contributed by atoms with Gasteiger partial charge in [-0.05, 0) is 35.6 Å². The lowest BCUT2D eigenvalue weighted by Crippen LogP contribution is -2.79. The highest BCUT2D eigenvalue weighted by Crippen LogP contribution is 2.65. The fourth-order valence-corrected chi connectivity index (χ4v) is 6.32. The Morgan fingerprint density at radius 1 is 1.33 bits per heavy atom. The quantitative estimate of drug-likeness (QED) is 0.609. The Morgan fingerprint density at radius 2 is 2.12 bits per heavy atom. The van der Waals surface area contributed by atoms with Crippen LogP contribution in [-0.2, 0) is 18.4 Å². The van der Waals surface area contributed by atoms with Gasteiger partial charge in [-0.3, -0.25) is 0 Å². The first-order valence-electron chi connectivity index (χ1n) is 9.00. The molecule has 2 aliphatic carbocycles. The summed E-state index contributed by atoms with van der Waals surface area (Å²) in [6, 6.07) is 4.11. The van der Waals surface area contributed by atoms with E-state index < -0.39 is 5.60 Å². The third-order valence-electron chi connectivity index (χ3n) is 7.53. The molecule has 4 nitrogen and oxygen atoms in total. The third kappa shape index (κ3) is 1.39. The molecule has 1 aromatic rings. The average molecular weight is 328 g/mol. The summed E-state index contributed by atoms with van der Waals surface area (Å²) < 4.78 is 7.20. The zero-order valence-electron chi connectivity index (χ0n) is 14.5. The molecular formula is C20H26NO3+. The second-order valence-corrected chi connectivity index (χ2v) is 8.76. The van der Waals surface area contributed by atoms with Crippen LogP contribution in [0.25, 0.3) is 0 Å². The Kier molecular flexibility index (Phi) is 2.64. The van der Waals surface area contributed by atoms with Crippen molar-refractivity contribution >= 4 is 0 Å². The summed E-state index contributed by atoms with van der Waals surface area (Å²) in [6.07, 6.45) is 3.19. The largest absolute Gasteiger partial charge is 0.485 e. The second-order valence-electron chi connectivity index (χ2n) is 8.76. The Morgan fingerprint density at radius 3 is 2.88 bits per heavy atom. The number of likely N-dealkylation sites (tertiary alicyclic amines) is 1. The van der Waals surface area contributed by atoms with E-state index in [1.165, 1.54) is 11.1 Å². The van der Waals surface area contributed by atoms with E-state index in [1.54, 1.807) is 0 Å². The minimum Gasteiger partial charge on any atom is -0.485 e. The van der Waals surface area contributed by atoms with Crippen LogP contribution in [-0.4, -0.2) is 53.1 Å². The Balaban J connectivity index is 1.87. The molecule has 4 atom stereocenters. The lowest BCUT2D eigenvalue weighted by Gasteiger charge is -2.64. The molecular weight excluding hydrogens is 302 g/mol. The molecule has 0 radical (unpaired) electrons. The van der Waals surface area contributed by atoms with Crippen LogP contribution >= 0.6 is 0 Å². The molecule has 0 amide bonds. The van der Waals surface area contributed by atoms with Gasteiger partial charge in [-0.25, -0.2) is 0 Å². The molecule has 1 saturated carbocycles. The van der Waals surface area contributed by atoms with Crippen molar-refractivity contribution in [3.05, 3.63) is 41.0 Å². The number of aliphatic hydroxyl groups excluding tert-OH is 1. The highest BCUT2D eigenvalue weighted by atomic mass is 16.5. The predicted octanol–water partition coefficient (Wildman–Crippen LogP) is 1.66. The lowest BCUT2D eigenvalue weighted by atomic mass is 9.48. The van der Waals surface area contributed by atoms with Crippen LogP contribution in [0.15, 0.2) is 24.3 Å². The number of piperidine rings is 1. The summed E-state index contributed by atoms with van der Waals surface area (Å²) in [5, 5.41) is 21.9. The first kappa shape index (κ1) is 14.9. The number of ether oxygens (including phenoxy) is 1. The van der Waals surface area contributed by atoms with E-state index in [-0.39, 0.29) is 24.2 Å². The van der Waals surface area contributed by atoms with Crippen LogP contribution in [0.3, 0.4) is 0 Å². The molecule has 4 aliphatic rings. The van der Waals surface area contributed by atoms with Crippen molar-refractivity contribution < 1.29 is 19.4 Å². The molecule has 1 saturated heterocycles.